The Morgan fingerprint density at radius 1 is 1.14 bits per heavy atom. The van der Waals surface area contributed by atoms with Gasteiger partial charge in [-0.3, -0.25) is 4.79 Å². The van der Waals surface area contributed by atoms with Gasteiger partial charge < -0.3 is 16.5 Å². The summed E-state index contributed by atoms with van der Waals surface area (Å²) < 4.78 is 12.9. The third kappa shape index (κ3) is 3.38. The van der Waals surface area contributed by atoms with Gasteiger partial charge in [0.15, 0.2) is 0 Å². The molecule has 1 amide bonds. The van der Waals surface area contributed by atoms with E-state index in [9.17, 15) is 9.18 Å². The first-order chi connectivity index (χ1) is 10.5. The Kier molecular flexibility index (Phi) is 4.68. The van der Waals surface area contributed by atoms with Crippen LogP contribution in [0.3, 0.4) is 0 Å². The number of carbonyl (C=O) groups excluding carboxylic acids is 1. The molecule has 0 aliphatic rings. The first-order valence-electron chi connectivity index (χ1n) is 6.66. The Labute approximate surface area is 128 Å². The van der Waals surface area contributed by atoms with Crippen LogP contribution in [0.4, 0.5) is 4.39 Å². The molecule has 0 aromatic heterocycles. The van der Waals surface area contributed by atoms with E-state index in [0.717, 1.165) is 0 Å². The van der Waals surface area contributed by atoms with Crippen LogP contribution in [0.5, 0.6) is 0 Å². The molecule has 22 heavy (non-hydrogen) atoms. The number of benzene rings is 2. The zero-order valence-electron chi connectivity index (χ0n) is 12.1. The van der Waals surface area contributed by atoms with Crippen molar-refractivity contribution in [1.82, 2.24) is 5.32 Å². The molecule has 5 heteroatoms. The molecule has 2 aromatic carbocycles. The zero-order valence-corrected chi connectivity index (χ0v) is 12.1. The van der Waals surface area contributed by atoms with E-state index in [4.69, 9.17) is 11.1 Å². The molecule has 0 radical (unpaired) electrons. The second-order valence-corrected chi connectivity index (χ2v) is 4.64. The van der Waals surface area contributed by atoms with E-state index in [-0.39, 0.29) is 17.4 Å². The van der Waals surface area contributed by atoms with Crippen molar-refractivity contribution in [2.24, 2.45) is 5.73 Å². The van der Waals surface area contributed by atoms with E-state index in [0.29, 0.717) is 22.4 Å². The van der Waals surface area contributed by atoms with E-state index in [1.165, 1.54) is 30.3 Å². The summed E-state index contributed by atoms with van der Waals surface area (Å²) in [6, 6.07) is 12.5. The zero-order chi connectivity index (χ0) is 16.1. The van der Waals surface area contributed by atoms with Crippen LogP contribution in [-0.4, -0.2) is 18.7 Å². The molecule has 0 fully saturated rings. The number of hydrogen-bond acceptors (Lipinski definition) is 3. The van der Waals surface area contributed by atoms with Gasteiger partial charge in [-0.15, -0.1) is 0 Å². The fourth-order valence-electron chi connectivity index (χ4n) is 2.01. The molecule has 0 saturated carbocycles. The van der Waals surface area contributed by atoms with Crippen molar-refractivity contribution in [3.63, 3.8) is 0 Å². The number of hydrogen-bond donors (Lipinski definition) is 3. The lowest BCUT2D eigenvalue weighted by Gasteiger charge is -2.09. The first kappa shape index (κ1) is 15.4. The van der Waals surface area contributed by atoms with Crippen LogP contribution in [-0.2, 0) is 0 Å². The highest BCUT2D eigenvalue weighted by Gasteiger charge is 2.11. The van der Waals surface area contributed by atoms with Gasteiger partial charge in [-0.1, -0.05) is 18.2 Å². The first-order valence-corrected chi connectivity index (χ1v) is 6.66. The Hall–Kier alpha value is -2.95. The minimum atomic E-state index is -0.363. The van der Waals surface area contributed by atoms with Gasteiger partial charge in [-0.05, 0) is 42.0 Å². The average molecular weight is 297 g/mol. The number of nitrogens with two attached hydrogens (primary N) is 1. The molecule has 0 bridgehead atoms. The van der Waals surface area contributed by atoms with E-state index in [1.807, 2.05) is 0 Å². The number of amides is 1. The number of rotatable bonds is 4. The minimum Gasteiger partial charge on any atom is -0.398 e. The van der Waals surface area contributed by atoms with E-state index >= 15 is 0 Å². The van der Waals surface area contributed by atoms with Gasteiger partial charge in [-0.25, -0.2) is 4.39 Å². The van der Waals surface area contributed by atoms with Crippen LogP contribution < -0.4 is 11.1 Å². The van der Waals surface area contributed by atoms with E-state index in [1.54, 1.807) is 31.3 Å². The maximum Gasteiger partial charge on any atom is 0.251 e. The van der Waals surface area contributed by atoms with Crippen molar-refractivity contribution in [1.29, 1.82) is 5.41 Å². The van der Waals surface area contributed by atoms with Crippen LogP contribution in [0.2, 0.25) is 0 Å². The third-order valence-electron chi connectivity index (χ3n) is 3.16. The maximum absolute atomic E-state index is 12.9. The normalized spacial score (nSPS) is 11.1. The number of carbonyl (C=O) groups is 1. The van der Waals surface area contributed by atoms with Gasteiger partial charge in [-0.2, -0.15) is 0 Å². The van der Waals surface area contributed by atoms with Crippen molar-refractivity contribution in [3.05, 3.63) is 77.1 Å². The molecule has 0 atom stereocenters. The molecule has 2 rings (SSSR count). The highest BCUT2D eigenvalue weighted by molar-refractivity contribution is 6.11. The SMILES string of the molecule is CNC(=O)c1ccccc1C(N)=CC(=N)c1ccc(F)cc1. The largest absolute Gasteiger partial charge is 0.398 e. The minimum absolute atomic E-state index is 0.143. The molecule has 4 nitrogen and oxygen atoms in total. The molecule has 0 saturated heterocycles. The molecule has 2 aromatic rings. The lowest BCUT2D eigenvalue weighted by molar-refractivity contribution is 0.0963. The van der Waals surface area contributed by atoms with Crippen molar-refractivity contribution in [2.75, 3.05) is 7.05 Å². The molecule has 4 N–H and O–H groups in total. The number of allylic oxidation sites excluding steroid dienone is 1. The van der Waals surface area contributed by atoms with Crippen molar-refractivity contribution < 1.29 is 9.18 Å². The molecule has 0 aliphatic carbocycles. The Balaban J connectivity index is 2.35. The van der Waals surface area contributed by atoms with Gasteiger partial charge >= 0.3 is 0 Å². The summed E-state index contributed by atoms with van der Waals surface area (Å²) in [5.41, 5.74) is 7.99. The topological polar surface area (TPSA) is 79.0 Å². The quantitative estimate of drug-likeness (QED) is 0.758. The van der Waals surface area contributed by atoms with Crippen LogP contribution in [0.1, 0.15) is 21.5 Å². The second kappa shape index (κ2) is 6.67. The van der Waals surface area contributed by atoms with Crippen LogP contribution >= 0.6 is 0 Å². The Morgan fingerprint density at radius 2 is 1.73 bits per heavy atom. The van der Waals surface area contributed by atoms with Gasteiger partial charge in [0.25, 0.3) is 5.91 Å². The standard InChI is InChI=1S/C17H16FN3O/c1-21-17(22)14-5-3-2-4-13(14)16(20)10-15(19)11-6-8-12(18)9-7-11/h2-10,19H,20H2,1H3,(H,21,22). The number of nitrogens with one attached hydrogen (secondary N) is 2. The smallest absolute Gasteiger partial charge is 0.251 e. The fourth-order valence-corrected chi connectivity index (χ4v) is 2.01. The van der Waals surface area contributed by atoms with Gasteiger partial charge in [0.05, 0.1) is 5.71 Å². The highest BCUT2D eigenvalue weighted by atomic mass is 19.1. The second-order valence-electron chi connectivity index (χ2n) is 4.64. The Bertz CT molecular complexity index is 736. The molecular weight excluding hydrogens is 281 g/mol. The van der Waals surface area contributed by atoms with E-state index in [2.05, 4.69) is 5.32 Å². The monoisotopic (exact) mass is 297 g/mol. The molecule has 0 unspecified atom stereocenters. The molecule has 112 valence electrons. The Morgan fingerprint density at radius 3 is 2.32 bits per heavy atom. The lowest BCUT2D eigenvalue weighted by Crippen LogP contribution is -2.20. The summed E-state index contributed by atoms with van der Waals surface area (Å²) in [4.78, 5) is 11.8. The average Bonchev–Trinajstić information content (AvgIpc) is 2.54. The molecule has 0 spiro atoms. The van der Waals surface area contributed by atoms with Gasteiger partial charge in [0.1, 0.15) is 5.82 Å². The van der Waals surface area contributed by atoms with Gasteiger partial charge in [0, 0.05) is 23.9 Å². The molecule has 0 aliphatic heterocycles. The predicted molar refractivity (Wildman–Crippen MR) is 85.2 cm³/mol. The fraction of sp³-hybridized carbons (Fsp3) is 0.0588. The summed E-state index contributed by atoms with van der Waals surface area (Å²) >= 11 is 0. The summed E-state index contributed by atoms with van der Waals surface area (Å²) in [6.07, 6.45) is 1.45. The molecular formula is C17H16FN3O. The van der Waals surface area contributed by atoms with Gasteiger partial charge in [0.2, 0.25) is 0 Å². The lowest BCUT2D eigenvalue weighted by atomic mass is 10.0. The predicted octanol–water partition coefficient (Wildman–Crippen LogP) is 2.55. The van der Waals surface area contributed by atoms with Crippen LogP contribution in [0, 0.1) is 11.2 Å². The van der Waals surface area contributed by atoms with E-state index < -0.39 is 0 Å². The van der Waals surface area contributed by atoms with Crippen LogP contribution in [0.15, 0.2) is 54.6 Å². The highest BCUT2D eigenvalue weighted by Crippen LogP contribution is 2.16. The number of halogens is 1. The molecule has 0 heterocycles. The summed E-state index contributed by atoms with van der Waals surface area (Å²) in [7, 11) is 1.54. The maximum atomic E-state index is 12.9. The van der Waals surface area contributed by atoms with Crippen molar-refractivity contribution >= 4 is 17.3 Å². The summed E-state index contributed by atoms with van der Waals surface area (Å²) in [6.45, 7) is 0. The summed E-state index contributed by atoms with van der Waals surface area (Å²) in [5.74, 6) is -0.612. The van der Waals surface area contributed by atoms with Crippen molar-refractivity contribution in [3.8, 4) is 0 Å². The van der Waals surface area contributed by atoms with Crippen LogP contribution in [0.25, 0.3) is 5.70 Å². The van der Waals surface area contributed by atoms with Crippen molar-refractivity contribution in [2.45, 2.75) is 0 Å². The third-order valence-corrected chi connectivity index (χ3v) is 3.16. The summed E-state index contributed by atoms with van der Waals surface area (Å²) in [5, 5.41) is 10.6.